The Kier molecular flexibility index (Phi) is 2.92. The van der Waals surface area contributed by atoms with Crippen LogP contribution in [0.4, 0.5) is 5.82 Å². The van der Waals surface area contributed by atoms with E-state index in [9.17, 15) is 0 Å². The van der Waals surface area contributed by atoms with E-state index in [-0.39, 0.29) is 5.54 Å². The Morgan fingerprint density at radius 1 is 1.67 bits per heavy atom. The van der Waals surface area contributed by atoms with Crippen molar-refractivity contribution in [1.29, 1.82) is 0 Å². The van der Waals surface area contributed by atoms with E-state index in [1.807, 2.05) is 6.07 Å². The summed E-state index contributed by atoms with van der Waals surface area (Å²) in [5, 5.41) is 0.669. The maximum atomic E-state index is 6.10. The molecule has 0 atom stereocenters. The summed E-state index contributed by atoms with van der Waals surface area (Å²) in [5.41, 5.74) is 6.03. The Balaban J connectivity index is 2.13. The topological polar surface area (TPSA) is 42.1 Å². The molecule has 0 spiro atoms. The summed E-state index contributed by atoms with van der Waals surface area (Å²) in [6.45, 7) is 3.77. The van der Waals surface area contributed by atoms with Crippen molar-refractivity contribution < 1.29 is 0 Å². The fraction of sp³-hybridized carbons (Fsp3) is 0.500. The lowest BCUT2D eigenvalue weighted by Crippen LogP contribution is -2.67. The van der Waals surface area contributed by atoms with Crippen molar-refractivity contribution in [2.75, 3.05) is 18.0 Å². The van der Waals surface area contributed by atoms with Crippen molar-refractivity contribution in [3.05, 3.63) is 21.8 Å². The van der Waals surface area contributed by atoms with Crippen LogP contribution in [0.5, 0.6) is 0 Å². The second-order valence-electron chi connectivity index (χ2n) is 4.03. The molecule has 0 bridgehead atoms. The van der Waals surface area contributed by atoms with Crippen molar-refractivity contribution in [2.45, 2.75) is 18.9 Å². The molecule has 82 valence electrons. The van der Waals surface area contributed by atoms with E-state index in [2.05, 4.69) is 32.7 Å². The number of hydrogen-bond donors (Lipinski definition) is 1. The fourth-order valence-electron chi connectivity index (χ4n) is 1.73. The highest BCUT2D eigenvalue weighted by atomic mass is 79.9. The third-order valence-corrected chi connectivity index (χ3v) is 3.52. The second-order valence-corrected chi connectivity index (χ2v) is 5.35. The van der Waals surface area contributed by atoms with Crippen LogP contribution in [0, 0.1) is 0 Å². The molecule has 0 aromatic carbocycles. The van der Waals surface area contributed by atoms with Crippen molar-refractivity contribution in [3.8, 4) is 0 Å². The first-order valence-electron chi connectivity index (χ1n) is 4.89. The van der Waals surface area contributed by atoms with Crippen LogP contribution >= 0.6 is 27.5 Å². The summed E-state index contributed by atoms with van der Waals surface area (Å²) >= 11 is 9.43. The molecule has 3 nitrogen and oxygen atoms in total. The van der Waals surface area contributed by atoms with Crippen molar-refractivity contribution in [1.82, 2.24) is 4.98 Å². The number of rotatable bonds is 2. The predicted molar refractivity (Wildman–Crippen MR) is 66.4 cm³/mol. The highest BCUT2D eigenvalue weighted by Crippen LogP contribution is 2.32. The number of nitrogens with zero attached hydrogens (tertiary/aromatic N) is 2. The molecule has 2 N–H and O–H groups in total. The summed E-state index contributed by atoms with van der Waals surface area (Å²) in [4.78, 5) is 6.40. The van der Waals surface area contributed by atoms with Crippen LogP contribution < -0.4 is 10.6 Å². The summed E-state index contributed by atoms with van der Waals surface area (Å²) in [6, 6.07) is 1.85. The molecule has 5 heteroatoms. The summed E-state index contributed by atoms with van der Waals surface area (Å²) in [5.74, 6) is 0.828. The molecule has 0 saturated carbocycles. The normalized spacial score (nSPS) is 18.8. The molecule has 1 aromatic heterocycles. The van der Waals surface area contributed by atoms with Gasteiger partial charge in [-0.05, 0) is 28.4 Å². The van der Waals surface area contributed by atoms with Crippen molar-refractivity contribution >= 4 is 33.3 Å². The van der Waals surface area contributed by atoms with Gasteiger partial charge in [-0.3, -0.25) is 0 Å². The van der Waals surface area contributed by atoms with Crippen LogP contribution in [-0.2, 0) is 0 Å². The largest absolute Gasteiger partial charge is 0.352 e. The van der Waals surface area contributed by atoms with E-state index in [0.29, 0.717) is 5.02 Å². The zero-order valence-electron chi connectivity index (χ0n) is 8.50. The van der Waals surface area contributed by atoms with Crippen LogP contribution in [-0.4, -0.2) is 23.6 Å². The zero-order valence-corrected chi connectivity index (χ0v) is 10.8. The highest BCUT2D eigenvalue weighted by Gasteiger charge is 2.39. The van der Waals surface area contributed by atoms with Gasteiger partial charge in [0.05, 0.1) is 10.6 Å². The fourth-order valence-corrected chi connectivity index (χ4v) is 2.48. The number of pyridine rings is 1. The Labute approximate surface area is 103 Å². The average Bonchev–Trinajstić information content (AvgIpc) is 2.14. The Bertz CT molecular complexity index is 377. The van der Waals surface area contributed by atoms with E-state index in [0.717, 1.165) is 29.8 Å². The number of nitrogens with two attached hydrogens (primary N) is 1. The van der Waals surface area contributed by atoms with E-state index < -0.39 is 0 Å². The van der Waals surface area contributed by atoms with Crippen LogP contribution in [0.3, 0.4) is 0 Å². The highest BCUT2D eigenvalue weighted by molar-refractivity contribution is 9.10. The van der Waals surface area contributed by atoms with Crippen molar-refractivity contribution in [3.63, 3.8) is 0 Å². The lowest BCUT2D eigenvalue weighted by molar-refractivity contribution is 0.320. The summed E-state index contributed by atoms with van der Waals surface area (Å²) < 4.78 is 0.895. The van der Waals surface area contributed by atoms with Gasteiger partial charge in [0.25, 0.3) is 0 Å². The number of hydrogen-bond acceptors (Lipinski definition) is 3. The first kappa shape index (κ1) is 11.2. The molecule has 0 aliphatic carbocycles. The molecule has 0 unspecified atom stereocenters. The lowest BCUT2D eigenvalue weighted by Gasteiger charge is -2.48. The minimum absolute atomic E-state index is 0.0575. The Hall–Kier alpha value is -0.320. The second kappa shape index (κ2) is 3.92. The molecular formula is C10H13BrClN3. The van der Waals surface area contributed by atoms with E-state index >= 15 is 0 Å². The maximum absolute atomic E-state index is 6.10. The smallest absolute Gasteiger partial charge is 0.147 e. The van der Waals surface area contributed by atoms with E-state index in [1.54, 1.807) is 6.20 Å². The van der Waals surface area contributed by atoms with E-state index in [4.69, 9.17) is 17.3 Å². The SMILES string of the molecule is CCC1(N)CN(c2ncc(Br)cc2Cl)C1. The predicted octanol–water partition coefficient (Wildman–Crippen LogP) is 2.43. The minimum Gasteiger partial charge on any atom is -0.352 e. The summed E-state index contributed by atoms with van der Waals surface area (Å²) in [7, 11) is 0. The molecule has 1 aliphatic heterocycles. The van der Waals surface area contributed by atoms with Gasteiger partial charge in [0.15, 0.2) is 0 Å². The van der Waals surface area contributed by atoms with Crippen LogP contribution in [0.15, 0.2) is 16.7 Å². The van der Waals surface area contributed by atoms with Gasteiger partial charge < -0.3 is 10.6 Å². The standard InChI is InChI=1S/C10H13BrClN3/c1-2-10(13)5-15(6-10)9-8(12)3-7(11)4-14-9/h3-4H,2,5-6,13H2,1H3. The van der Waals surface area contributed by atoms with Gasteiger partial charge >= 0.3 is 0 Å². The van der Waals surface area contributed by atoms with E-state index in [1.165, 1.54) is 0 Å². The molecule has 1 fully saturated rings. The third-order valence-electron chi connectivity index (χ3n) is 2.80. The van der Waals surface area contributed by atoms with Crippen LogP contribution in [0.2, 0.25) is 5.02 Å². The van der Waals surface area contributed by atoms with Crippen LogP contribution in [0.1, 0.15) is 13.3 Å². The number of anilines is 1. The van der Waals surface area contributed by atoms with Gasteiger partial charge in [0.1, 0.15) is 5.82 Å². The van der Waals surface area contributed by atoms with Gasteiger partial charge in [-0.25, -0.2) is 4.98 Å². The molecule has 1 aliphatic rings. The molecule has 1 saturated heterocycles. The van der Waals surface area contributed by atoms with Gasteiger partial charge in [-0.2, -0.15) is 0 Å². The molecular weight excluding hydrogens is 277 g/mol. The number of halogens is 2. The third kappa shape index (κ3) is 2.12. The Morgan fingerprint density at radius 2 is 2.33 bits per heavy atom. The lowest BCUT2D eigenvalue weighted by atomic mass is 9.88. The van der Waals surface area contributed by atoms with Crippen molar-refractivity contribution in [2.24, 2.45) is 5.73 Å². The molecule has 2 heterocycles. The van der Waals surface area contributed by atoms with Gasteiger partial charge in [0.2, 0.25) is 0 Å². The van der Waals surface area contributed by atoms with Gasteiger partial charge in [-0.1, -0.05) is 18.5 Å². The molecule has 15 heavy (non-hydrogen) atoms. The van der Waals surface area contributed by atoms with Gasteiger partial charge in [-0.15, -0.1) is 0 Å². The minimum atomic E-state index is -0.0575. The molecule has 0 radical (unpaired) electrons. The quantitative estimate of drug-likeness (QED) is 0.909. The molecule has 1 aromatic rings. The number of aromatic nitrogens is 1. The van der Waals surface area contributed by atoms with Gasteiger partial charge in [0, 0.05) is 23.8 Å². The monoisotopic (exact) mass is 289 g/mol. The average molecular weight is 291 g/mol. The molecule has 2 rings (SSSR count). The summed E-state index contributed by atoms with van der Waals surface area (Å²) in [6.07, 6.45) is 2.74. The Morgan fingerprint density at radius 3 is 2.87 bits per heavy atom. The zero-order chi connectivity index (χ0) is 11.1. The molecule has 0 amide bonds. The first-order valence-corrected chi connectivity index (χ1v) is 6.06. The first-order chi connectivity index (χ1) is 7.04. The maximum Gasteiger partial charge on any atom is 0.147 e. The van der Waals surface area contributed by atoms with Crippen LogP contribution in [0.25, 0.3) is 0 Å².